The molecule has 6 heteroatoms. The van der Waals surface area contributed by atoms with E-state index in [9.17, 15) is 13.2 Å². The third-order valence-corrected chi connectivity index (χ3v) is 3.16. The molecule has 15 heavy (non-hydrogen) atoms. The standard InChI is InChI=1S/C9H13F3N2S/c10-9(11,12)15-6-5-14-3-1-8(7-13)2-4-14/h8H,1-6H2. The van der Waals surface area contributed by atoms with Crippen molar-refractivity contribution in [3.05, 3.63) is 0 Å². The maximum absolute atomic E-state index is 11.8. The van der Waals surface area contributed by atoms with Gasteiger partial charge in [-0.1, -0.05) is 0 Å². The first kappa shape index (κ1) is 12.7. The van der Waals surface area contributed by atoms with Gasteiger partial charge in [0.05, 0.1) is 6.07 Å². The van der Waals surface area contributed by atoms with Gasteiger partial charge in [-0.3, -0.25) is 0 Å². The molecule has 1 aliphatic heterocycles. The molecule has 1 aliphatic rings. The average molecular weight is 238 g/mol. The smallest absolute Gasteiger partial charge is 0.302 e. The van der Waals surface area contributed by atoms with Crippen LogP contribution in [0.1, 0.15) is 12.8 Å². The number of hydrogen-bond donors (Lipinski definition) is 0. The summed E-state index contributed by atoms with van der Waals surface area (Å²) in [4.78, 5) is 1.99. The van der Waals surface area contributed by atoms with Crippen LogP contribution in [0.4, 0.5) is 13.2 Å². The van der Waals surface area contributed by atoms with Gasteiger partial charge in [-0.15, -0.1) is 0 Å². The highest BCUT2D eigenvalue weighted by atomic mass is 32.2. The summed E-state index contributed by atoms with van der Waals surface area (Å²) in [5.74, 6) is 0.178. The molecule has 0 spiro atoms. The van der Waals surface area contributed by atoms with Crippen molar-refractivity contribution in [3.63, 3.8) is 0 Å². The molecular formula is C9H13F3N2S. The molecule has 0 aromatic heterocycles. The molecule has 0 aliphatic carbocycles. The van der Waals surface area contributed by atoms with Gasteiger partial charge in [0, 0.05) is 18.2 Å². The Bertz CT molecular complexity index is 228. The molecule has 1 rings (SSSR count). The molecule has 0 bridgehead atoms. The van der Waals surface area contributed by atoms with E-state index in [0.29, 0.717) is 6.54 Å². The van der Waals surface area contributed by atoms with Crippen molar-refractivity contribution in [2.45, 2.75) is 18.3 Å². The van der Waals surface area contributed by atoms with E-state index < -0.39 is 5.51 Å². The fourth-order valence-corrected chi connectivity index (χ4v) is 2.16. The molecule has 0 unspecified atom stereocenters. The lowest BCUT2D eigenvalue weighted by Gasteiger charge is -2.28. The zero-order chi connectivity index (χ0) is 11.3. The van der Waals surface area contributed by atoms with Crippen molar-refractivity contribution in [2.24, 2.45) is 5.92 Å². The summed E-state index contributed by atoms with van der Waals surface area (Å²) in [6.45, 7) is 1.95. The number of hydrogen-bond acceptors (Lipinski definition) is 3. The van der Waals surface area contributed by atoms with Crippen LogP contribution in [0, 0.1) is 17.2 Å². The Labute approximate surface area is 91.4 Å². The van der Waals surface area contributed by atoms with E-state index in [0.717, 1.165) is 25.9 Å². The van der Waals surface area contributed by atoms with Gasteiger partial charge in [-0.2, -0.15) is 18.4 Å². The lowest BCUT2D eigenvalue weighted by Crippen LogP contribution is -2.35. The highest BCUT2D eigenvalue weighted by molar-refractivity contribution is 8.00. The predicted molar refractivity (Wildman–Crippen MR) is 53.3 cm³/mol. The van der Waals surface area contributed by atoms with Crippen LogP contribution in [-0.4, -0.2) is 35.8 Å². The first-order chi connectivity index (χ1) is 7.01. The zero-order valence-corrected chi connectivity index (χ0v) is 9.07. The Balaban J connectivity index is 2.12. The second-order valence-electron chi connectivity index (χ2n) is 3.54. The van der Waals surface area contributed by atoms with Crippen molar-refractivity contribution >= 4 is 11.8 Å². The van der Waals surface area contributed by atoms with E-state index in [4.69, 9.17) is 5.26 Å². The van der Waals surface area contributed by atoms with Crippen molar-refractivity contribution in [1.29, 1.82) is 5.26 Å². The maximum Gasteiger partial charge on any atom is 0.441 e. The van der Waals surface area contributed by atoms with Gasteiger partial charge in [0.1, 0.15) is 0 Å². The molecule has 1 saturated heterocycles. The fourth-order valence-electron chi connectivity index (χ4n) is 1.58. The van der Waals surface area contributed by atoms with Crippen LogP contribution in [0.25, 0.3) is 0 Å². The molecule has 0 aromatic carbocycles. The zero-order valence-electron chi connectivity index (χ0n) is 8.26. The van der Waals surface area contributed by atoms with Crippen LogP contribution in [-0.2, 0) is 0 Å². The third-order valence-electron chi connectivity index (χ3n) is 2.44. The quantitative estimate of drug-likeness (QED) is 0.755. The molecule has 0 amide bonds. The number of nitrogens with zero attached hydrogens (tertiary/aromatic N) is 2. The van der Waals surface area contributed by atoms with E-state index in [1.54, 1.807) is 0 Å². The topological polar surface area (TPSA) is 27.0 Å². The lowest BCUT2D eigenvalue weighted by atomic mass is 9.99. The Morgan fingerprint density at radius 1 is 1.33 bits per heavy atom. The van der Waals surface area contributed by atoms with Crippen LogP contribution in [0.5, 0.6) is 0 Å². The molecule has 86 valence electrons. The Hall–Kier alpha value is -0.410. The SMILES string of the molecule is N#CC1CCN(CCSC(F)(F)F)CC1. The third kappa shape index (κ3) is 5.28. The first-order valence-corrected chi connectivity index (χ1v) is 5.82. The van der Waals surface area contributed by atoms with Gasteiger partial charge in [-0.25, -0.2) is 0 Å². The van der Waals surface area contributed by atoms with Gasteiger partial charge in [0.15, 0.2) is 0 Å². The number of alkyl halides is 3. The Morgan fingerprint density at radius 3 is 2.40 bits per heavy atom. The van der Waals surface area contributed by atoms with E-state index in [1.165, 1.54) is 0 Å². The summed E-state index contributed by atoms with van der Waals surface area (Å²) in [6.07, 6.45) is 1.57. The molecule has 1 fully saturated rings. The summed E-state index contributed by atoms with van der Waals surface area (Å²) >= 11 is 0.0271. The molecule has 0 aromatic rings. The van der Waals surface area contributed by atoms with Gasteiger partial charge in [-0.05, 0) is 37.7 Å². The minimum Gasteiger partial charge on any atom is -0.302 e. The summed E-state index contributed by atoms with van der Waals surface area (Å²) in [7, 11) is 0. The lowest BCUT2D eigenvalue weighted by molar-refractivity contribution is -0.0329. The Morgan fingerprint density at radius 2 is 1.93 bits per heavy atom. The van der Waals surface area contributed by atoms with Crippen molar-refractivity contribution in [2.75, 3.05) is 25.4 Å². The van der Waals surface area contributed by atoms with Gasteiger partial charge in [0.2, 0.25) is 0 Å². The maximum atomic E-state index is 11.8. The average Bonchev–Trinajstić information content (AvgIpc) is 2.17. The Kier molecular flexibility index (Phi) is 4.74. The second-order valence-corrected chi connectivity index (χ2v) is 4.70. The number of piperidine rings is 1. The highest BCUT2D eigenvalue weighted by Crippen LogP contribution is 2.30. The minimum atomic E-state index is -4.12. The number of nitriles is 1. The van der Waals surface area contributed by atoms with Gasteiger partial charge >= 0.3 is 5.51 Å². The second kappa shape index (κ2) is 5.61. The van der Waals surface area contributed by atoms with Crippen molar-refractivity contribution < 1.29 is 13.2 Å². The minimum absolute atomic E-state index is 0.0271. The summed E-state index contributed by atoms with van der Waals surface area (Å²) < 4.78 is 35.5. The number of halogens is 3. The van der Waals surface area contributed by atoms with Crippen LogP contribution < -0.4 is 0 Å². The normalized spacial score (nSPS) is 20.1. The largest absolute Gasteiger partial charge is 0.441 e. The van der Waals surface area contributed by atoms with E-state index in [1.807, 2.05) is 4.90 Å². The number of thioether (sulfide) groups is 1. The fraction of sp³-hybridized carbons (Fsp3) is 0.889. The molecule has 1 heterocycles. The van der Waals surface area contributed by atoms with Crippen molar-refractivity contribution in [1.82, 2.24) is 4.90 Å². The molecule has 0 radical (unpaired) electrons. The summed E-state index contributed by atoms with van der Waals surface area (Å²) in [6, 6.07) is 2.19. The molecule has 0 atom stereocenters. The summed E-state index contributed by atoms with van der Waals surface area (Å²) in [5.41, 5.74) is -4.12. The van der Waals surface area contributed by atoms with E-state index in [2.05, 4.69) is 6.07 Å². The molecule has 0 N–H and O–H groups in total. The first-order valence-electron chi connectivity index (χ1n) is 4.84. The van der Waals surface area contributed by atoms with Crippen LogP contribution in [0.15, 0.2) is 0 Å². The monoisotopic (exact) mass is 238 g/mol. The van der Waals surface area contributed by atoms with E-state index in [-0.39, 0.29) is 23.4 Å². The molecular weight excluding hydrogens is 225 g/mol. The van der Waals surface area contributed by atoms with Crippen LogP contribution in [0.3, 0.4) is 0 Å². The number of likely N-dealkylation sites (tertiary alicyclic amines) is 1. The molecule has 2 nitrogen and oxygen atoms in total. The molecule has 0 saturated carbocycles. The van der Waals surface area contributed by atoms with Crippen molar-refractivity contribution in [3.8, 4) is 6.07 Å². The number of rotatable bonds is 3. The van der Waals surface area contributed by atoms with Crippen LogP contribution >= 0.6 is 11.8 Å². The summed E-state index contributed by atoms with van der Waals surface area (Å²) in [5, 5.41) is 8.64. The van der Waals surface area contributed by atoms with Crippen LogP contribution in [0.2, 0.25) is 0 Å². The highest BCUT2D eigenvalue weighted by Gasteiger charge is 2.28. The predicted octanol–water partition coefficient (Wildman–Crippen LogP) is 2.47. The van der Waals surface area contributed by atoms with Gasteiger partial charge < -0.3 is 4.90 Å². The van der Waals surface area contributed by atoms with Gasteiger partial charge in [0.25, 0.3) is 0 Å². The van der Waals surface area contributed by atoms with E-state index >= 15 is 0 Å².